The van der Waals surface area contributed by atoms with Crippen LogP contribution in [0.2, 0.25) is 15.2 Å². The van der Waals surface area contributed by atoms with Crippen molar-refractivity contribution in [3.05, 3.63) is 55.0 Å². The average molecular weight is 409 g/mol. The molecule has 0 aliphatic rings. The van der Waals surface area contributed by atoms with Crippen molar-refractivity contribution in [2.75, 3.05) is 0 Å². The van der Waals surface area contributed by atoms with E-state index in [-0.39, 0.29) is 15.7 Å². The number of carbonyl (C=O) groups excluding carboxylic acids is 1. The number of halogens is 4. The minimum atomic E-state index is -0.707. The molecule has 8 heteroatoms. The quantitative estimate of drug-likeness (QED) is 0.774. The number of nitrogens with two attached hydrogens (primary N) is 1. The molecule has 0 spiro atoms. The summed E-state index contributed by atoms with van der Waals surface area (Å²) in [5, 5.41) is 0.752. The molecule has 2 aromatic heterocycles. The van der Waals surface area contributed by atoms with Gasteiger partial charge in [0.1, 0.15) is 5.15 Å². The number of primary amides is 1. The Morgan fingerprint density at radius 1 is 1.19 bits per heavy atom. The highest BCUT2D eigenvalue weighted by Gasteiger charge is 2.15. The summed E-state index contributed by atoms with van der Waals surface area (Å²) in [6.45, 7) is 0. The standard InChI is InChI=1S/C13H9BrCl3N3O/c14-6-3-8(15)10(19-5-6)2-1-7-4-9(16)11(13(18)21)12(17)20-7/h3-5H,1-2H2,(H2,18,21). The minimum Gasteiger partial charge on any atom is -0.365 e. The first-order valence-electron chi connectivity index (χ1n) is 5.83. The van der Waals surface area contributed by atoms with Crippen LogP contribution in [-0.4, -0.2) is 15.9 Å². The van der Waals surface area contributed by atoms with Crippen LogP contribution >= 0.6 is 50.7 Å². The van der Waals surface area contributed by atoms with Gasteiger partial charge < -0.3 is 5.73 Å². The number of nitrogens with zero attached hydrogens (tertiary/aromatic N) is 2. The van der Waals surface area contributed by atoms with Gasteiger partial charge in [-0.1, -0.05) is 34.8 Å². The summed E-state index contributed by atoms with van der Waals surface area (Å²) in [5.41, 5.74) is 6.59. The second kappa shape index (κ2) is 6.92. The van der Waals surface area contributed by atoms with E-state index < -0.39 is 5.91 Å². The van der Waals surface area contributed by atoms with Crippen molar-refractivity contribution in [2.45, 2.75) is 12.8 Å². The van der Waals surface area contributed by atoms with Gasteiger partial charge >= 0.3 is 0 Å². The molecule has 0 fully saturated rings. The maximum absolute atomic E-state index is 11.2. The fourth-order valence-corrected chi connectivity index (χ4v) is 3.14. The van der Waals surface area contributed by atoms with Crippen LogP contribution in [0, 0.1) is 0 Å². The molecular weight excluding hydrogens is 400 g/mol. The van der Waals surface area contributed by atoms with Crippen molar-refractivity contribution in [3.63, 3.8) is 0 Å². The Bertz CT molecular complexity index is 686. The Balaban J connectivity index is 2.19. The summed E-state index contributed by atoms with van der Waals surface area (Å²) in [6, 6.07) is 3.34. The van der Waals surface area contributed by atoms with Gasteiger partial charge in [0.15, 0.2) is 0 Å². The van der Waals surface area contributed by atoms with Crippen molar-refractivity contribution >= 4 is 56.6 Å². The number of hydrogen-bond donors (Lipinski definition) is 1. The van der Waals surface area contributed by atoms with E-state index in [1.54, 1.807) is 18.3 Å². The lowest BCUT2D eigenvalue weighted by molar-refractivity contribution is 0.1000. The van der Waals surface area contributed by atoms with Crippen LogP contribution in [0.1, 0.15) is 21.7 Å². The Morgan fingerprint density at radius 3 is 2.48 bits per heavy atom. The van der Waals surface area contributed by atoms with Crippen LogP contribution in [0.4, 0.5) is 0 Å². The molecule has 0 aliphatic carbocycles. The van der Waals surface area contributed by atoms with Gasteiger partial charge in [-0.3, -0.25) is 9.78 Å². The highest BCUT2D eigenvalue weighted by atomic mass is 79.9. The highest BCUT2D eigenvalue weighted by molar-refractivity contribution is 9.10. The lowest BCUT2D eigenvalue weighted by atomic mass is 10.1. The van der Waals surface area contributed by atoms with Gasteiger partial charge in [0, 0.05) is 16.4 Å². The summed E-state index contributed by atoms with van der Waals surface area (Å²) in [6.07, 6.45) is 2.78. The van der Waals surface area contributed by atoms with E-state index in [0.29, 0.717) is 23.6 Å². The fourth-order valence-electron chi connectivity index (χ4n) is 1.75. The molecule has 110 valence electrons. The summed E-state index contributed by atoms with van der Waals surface area (Å²) in [5.74, 6) is -0.707. The van der Waals surface area contributed by atoms with Crippen LogP contribution in [0.25, 0.3) is 0 Å². The van der Waals surface area contributed by atoms with E-state index >= 15 is 0 Å². The second-order valence-electron chi connectivity index (χ2n) is 4.21. The van der Waals surface area contributed by atoms with Crippen LogP contribution in [-0.2, 0) is 12.8 Å². The largest absolute Gasteiger partial charge is 0.365 e. The molecule has 0 bridgehead atoms. The number of rotatable bonds is 4. The Labute approximate surface area is 144 Å². The molecule has 4 nitrogen and oxygen atoms in total. The lowest BCUT2D eigenvalue weighted by Gasteiger charge is -2.07. The van der Waals surface area contributed by atoms with Crippen molar-refractivity contribution in [3.8, 4) is 0 Å². The topological polar surface area (TPSA) is 68.9 Å². The summed E-state index contributed by atoms with van der Waals surface area (Å²) < 4.78 is 0.811. The first kappa shape index (κ1) is 16.5. The van der Waals surface area contributed by atoms with E-state index in [9.17, 15) is 4.79 Å². The maximum atomic E-state index is 11.2. The SMILES string of the molecule is NC(=O)c1c(Cl)cc(CCc2ncc(Br)cc2Cl)nc1Cl. The molecular formula is C13H9BrCl3N3O. The summed E-state index contributed by atoms with van der Waals surface area (Å²) >= 11 is 21.3. The van der Waals surface area contributed by atoms with Crippen LogP contribution in [0.5, 0.6) is 0 Å². The molecule has 2 aromatic rings. The van der Waals surface area contributed by atoms with Gasteiger partial charge in [-0.05, 0) is 40.9 Å². The second-order valence-corrected chi connectivity index (χ2v) is 6.30. The number of hydrogen-bond acceptors (Lipinski definition) is 3. The molecule has 2 rings (SSSR count). The molecule has 2 N–H and O–H groups in total. The number of pyridine rings is 2. The smallest absolute Gasteiger partial charge is 0.253 e. The Morgan fingerprint density at radius 2 is 1.90 bits per heavy atom. The number of aryl methyl sites for hydroxylation is 2. The summed E-state index contributed by atoms with van der Waals surface area (Å²) in [7, 11) is 0. The molecule has 1 amide bonds. The van der Waals surface area contributed by atoms with Gasteiger partial charge in [-0.25, -0.2) is 4.98 Å². The number of amides is 1. The molecule has 0 unspecified atom stereocenters. The van der Waals surface area contributed by atoms with Gasteiger partial charge in [-0.2, -0.15) is 0 Å². The predicted molar refractivity (Wildman–Crippen MR) is 87.1 cm³/mol. The Kier molecular flexibility index (Phi) is 5.43. The molecule has 2 heterocycles. The van der Waals surface area contributed by atoms with Gasteiger partial charge in [0.05, 0.1) is 21.3 Å². The van der Waals surface area contributed by atoms with E-state index in [4.69, 9.17) is 40.5 Å². The molecule has 0 aromatic carbocycles. The van der Waals surface area contributed by atoms with Crippen LogP contribution < -0.4 is 5.73 Å². The Hall–Kier alpha value is -0.880. The minimum absolute atomic E-state index is 0.000128. The average Bonchev–Trinajstić information content (AvgIpc) is 2.36. The molecule has 0 saturated heterocycles. The highest BCUT2D eigenvalue weighted by Crippen LogP contribution is 2.25. The van der Waals surface area contributed by atoms with E-state index in [2.05, 4.69) is 25.9 Å². The van der Waals surface area contributed by atoms with E-state index in [1.807, 2.05) is 0 Å². The van der Waals surface area contributed by atoms with E-state index in [1.165, 1.54) is 0 Å². The first-order valence-corrected chi connectivity index (χ1v) is 7.76. The van der Waals surface area contributed by atoms with Gasteiger partial charge in [0.25, 0.3) is 5.91 Å². The normalized spacial score (nSPS) is 10.7. The number of carbonyl (C=O) groups is 1. The maximum Gasteiger partial charge on any atom is 0.253 e. The lowest BCUT2D eigenvalue weighted by Crippen LogP contribution is -2.13. The van der Waals surface area contributed by atoms with E-state index in [0.717, 1.165) is 10.2 Å². The first-order chi connectivity index (χ1) is 9.88. The van der Waals surface area contributed by atoms with Crippen LogP contribution in [0.15, 0.2) is 22.8 Å². The van der Waals surface area contributed by atoms with Crippen molar-refractivity contribution in [2.24, 2.45) is 5.73 Å². The zero-order chi connectivity index (χ0) is 15.6. The van der Waals surface area contributed by atoms with Gasteiger partial charge in [0.2, 0.25) is 0 Å². The van der Waals surface area contributed by atoms with Crippen molar-refractivity contribution in [1.82, 2.24) is 9.97 Å². The van der Waals surface area contributed by atoms with Crippen molar-refractivity contribution < 1.29 is 4.79 Å². The molecule has 0 atom stereocenters. The van der Waals surface area contributed by atoms with Crippen molar-refractivity contribution in [1.29, 1.82) is 0 Å². The third kappa shape index (κ3) is 4.07. The molecule has 0 radical (unpaired) electrons. The third-order valence-corrected chi connectivity index (χ3v) is 4.06. The fraction of sp³-hybridized carbons (Fsp3) is 0.154. The zero-order valence-corrected chi connectivity index (χ0v) is 14.4. The molecule has 0 aliphatic heterocycles. The summed E-state index contributed by atoms with van der Waals surface area (Å²) in [4.78, 5) is 19.5. The van der Waals surface area contributed by atoms with Crippen LogP contribution in [0.3, 0.4) is 0 Å². The third-order valence-electron chi connectivity index (χ3n) is 2.73. The predicted octanol–water partition coefficient (Wildman–Crippen LogP) is 4.08. The monoisotopic (exact) mass is 407 g/mol. The van der Waals surface area contributed by atoms with Gasteiger partial charge in [-0.15, -0.1) is 0 Å². The molecule has 21 heavy (non-hydrogen) atoms. The molecule has 0 saturated carbocycles. The zero-order valence-electron chi connectivity index (χ0n) is 10.5. The number of aromatic nitrogens is 2.